The van der Waals surface area contributed by atoms with E-state index in [4.69, 9.17) is 9.47 Å². The van der Waals surface area contributed by atoms with Gasteiger partial charge in [-0.05, 0) is 139 Å². The van der Waals surface area contributed by atoms with E-state index in [0.717, 1.165) is 5.56 Å². The Labute approximate surface area is 508 Å². The first-order chi connectivity index (χ1) is 39.2. The average molecular weight is 1200 g/mol. The zero-order valence-corrected chi connectivity index (χ0v) is 55.4. The SMILES string of the molecule is CC(C)C[C@H](NC(=O)OC(C)(C)C)C(=O)N[C@@H](CC(C)C)C(=O)N[C@@H](CC(C)C)C(=O)N[C@@H](CC(C)C)C(=O)NC(C)(C)C(=O)N[C@@H](CC(C)C)C(=O)N[C@@H](CC(C)C)C(=O)N[C@@H](CC(C)C)C(=O)N[C@@H](CC(C)C)C(=O)OCc1ccccc1. The second kappa shape index (κ2) is 36.7. The second-order valence-electron chi connectivity index (χ2n) is 27.8. The minimum absolute atomic E-state index is 0.0105. The summed E-state index contributed by atoms with van der Waals surface area (Å²) in [6.45, 7) is 38.2. The van der Waals surface area contributed by atoms with E-state index in [1.165, 1.54) is 13.8 Å². The Kier molecular flexibility index (Phi) is 33.1. The summed E-state index contributed by atoms with van der Waals surface area (Å²) in [6.07, 6.45) is 0.808. The monoisotopic (exact) mass is 1200 g/mol. The summed E-state index contributed by atoms with van der Waals surface area (Å²) in [7, 11) is 0. The van der Waals surface area contributed by atoms with Crippen LogP contribution in [-0.4, -0.2) is 119 Å². The maximum absolute atomic E-state index is 14.4. The van der Waals surface area contributed by atoms with Gasteiger partial charge in [0.15, 0.2) is 0 Å². The fourth-order valence-corrected chi connectivity index (χ4v) is 9.31. The fourth-order valence-electron chi connectivity index (χ4n) is 9.31. The number of alkyl carbamates (subject to hydrolysis) is 1. The molecule has 9 amide bonds. The zero-order valence-electron chi connectivity index (χ0n) is 55.4. The van der Waals surface area contributed by atoms with Crippen LogP contribution in [0.25, 0.3) is 0 Å². The van der Waals surface area contributed by atoms with Gasteiger partial charge in [0.25, 0.3) is 0 Å². The van der Waals surface area contributed by atoms with Gasteiger partial charge in [0, 0.05) is 0 Å². The first kappa shape index (κ1) is 76.7. The molecular formula is C64H111N9O12. The van der Waals surface area contributed by atoms with Gasteiger partial charge in [-0.3, -0.25) is 38.4 Å². The van der Waals surface area contributed by atoms with Crippen LogP contribution >= 0.6 is 0 Å². The second-order valence-corrected chi connectivity index (χ2v) is 27.8. The normalized spacial score (nSPS) is 14.8. The van der Waals surface area contributed by atoms with Crippen molar-refractivity contribution in [2.24, 2.45) is 47.3 Å². The molecule has 0 aromatic heterocycles. The molecule has 1 aromatic rings. The standard InChI is InChI=1S/C64H111N9O12/c1-36(2)27-45(53(74)66-48(30-39(7)8)56(77)70-52(34-43(15)16)60(81)84-35-44-25-23-22-24-26-44)67-57(78)49(31-40(9)10)71-61(82)64(20,21)73-59(80)51(33-42(13)14)69-55(76)47(29-38(5)6)65-54(75)46(28-37(3)4)68-58(79)50(32-41(11)12)72-62(83)85-63(17,18)19/h22-26,36-43,45-52H,27-35H2,1-21H3,(H,65,75)(H,66,74)(H,67,78)(H,68,79)(H,69,76)(H,70,77)(H,71,82)(H,72,83)(H,73,80)/t45-,46-,47-,48-,49-,50-,51-,52-/m0/s1. The molecule has 0 aliphatic carbocycles. The molecule has 0 fully saturated rings. The third-order valence-electron chi connectivity index (χ3n) is 13.3. The van der Waals surface area contributed by atoms with Crippen LogP contribution < -0.4 is 47.9 Å². The lowest BCUT2D eigenvalue weighted by atomic mass is 9.96. The molecule has 0 heterocycles. The van der Waals surface area contributed by atoms with Crippen molar-refractivity contribution >= 4 is 59.3 Å². The van der Waals surface area contributed by atoms with E-state index in [2.05, 4.69) is 47.9 Å². The zero-order chi connectivity index (χ0) is 65.3. The van der Waals surface area contributed by atoms with Crippen LogP contribution in [0.3, 0.4) is 0 Å². The van der Waals surface area contributed by atoms with E-state index in [0.29, 0.717) is 0 Å². The molecule has 1 aromatic carbocycles. The molecule has 1 rings (SSSR count). The highest BCUT2D eigenvalue weighted by molar-refractivity contribution is 5.99. The van der Waals surface area contributed by atoms with Crippen LogP contribution in [0.1, 0.15) is 202 Å². The maximum Gasteiger partial charge on any atom is 0.408 e. The van der Waals surface area contributed by atoms with Crippen molar-refractivity contribution in [3.8, 4) is 0 Å². The molecule has 85 heavy (non-hydrogen) atoms. The predicted molar refractivity (Wildman–Crippen MR) is 331 cm³/mol. The van der Waals surface area contributed by atoms with Crippen molar-refractivity contribution in [1.29, 1.82) is 0 Å². The summed E-state index contributed by atoms with van der Waals surface area (Å²) >= 11 is 0. The lowest BCUT2D eigenvalue weighted by Gasteiger charge is -2.32. The topological polar surface area (TPSA) is 297 Å². The third-order valence-corrected chi connectivity index (χ3v) is 13.3. The molecule has 0 aliphatic heterocycles. The van der Waals surface area contributed by atoms with Crippen molar-refractivity contribution in [2.75, 3.05) is 0 Å². The quantitative estimate of drug-likeness (QED) is 0.0300. The Hall–Kier alpha value is -6.28. The number of esters is 1. The summed E-state index contributed by atoms with van der Waals surface area (Å²) in [5.74, 6) is -6.43. The van der Waals surface area contributed by atoms with Crippen LogP contribution in [-0.2, 0) is 59.2 Å². The van der Waals surface area contributed by atoms with Crippen molar-refractivity contribution in [3.05, 3.63) is 35.9 Å². The molecular weight excluding hydrogens is 1090 g/mol. The molecule has 9 N–H and O–H groups in total. The van der Waals surface area contributed by atoms with E-state index in [9.17, 15) is 47.9 Å². The summed E-state index contributed by atoms with van der Waals surface area (Å²) < 4.78 is 11.0. The van der Waals surface area contributed by atoms with Crippen LogP contribution in [0.2, 0.25) is 0 Å². The summed E-state index contributed by atoms with van der Waals surface area (Å²) in [5.41, 5.74) is -1.70. The molecule has 21 nitrogen and oxygen atoms in total. The molecule has 0 radical (unpaired) electrons. The summed E-state index contributed by atoms with van der Waals surface area (Å²) in [5, 5.41) is 25.2. The number of hydrogen-bond donors (Lipinski definition) is 9. The van der Waals surface area contributed by atoms with E-state index in [1.807, 2.05) is 141 Å². The number of hydrogen-bond acceptors (Lipinski definition) is 12. The largest absolute Gasteiger partial charge is 0.459 e. The molecule has 0 saturated heterocycles. The van der Waals surface area contributed by atoms with Gasteiger partial charge in [-0.2, -0.15) is 0 Å². The molecule has 8 atom stereocenters. The lowest BCUT2D eigenvalue weighted by Crippen LogP contribution is -2.63. The first-order valence-electron chi connectivity index (χ1n) is 30.8. The third kappa shape index (κ3) is 31.6. The highest BCUT2D eigenvalue weighted by Crippen LogP contribution is 2.18. The molecule has 0 saturated carbocycles. The minimum Gasteiger partial charge on any atom is -0.459 e. The minimum atomic E-state index is -1.67. The number of carbonyl (C=O) groups excluding carboxylic acids is 10. The van der Waals surface area contributed by atoms with Crippen molar-refractivity contribution in [3.63, 3.8) is 0 Å². The summed E-state index contributed by atoms with van der Waals surface area (Å²) in [4.78, 5) is 140. The van der Waals surface area contributed by atoms with Gasteiger partial charge in [-0.1, -0.05) is 141 Å². The smallest absolute Gasteiger partial charge is 0.408 e. The fraction of sp³-hybridized carbons (Fsp3) is 0.750. The van der Waals surface area contributed by atoms with Gasteiger partial charge in [0.2, 0.25) is 47.3 Å². The highest BCUT2D eigenvalue weighted by atomic mass is 16.6. The van der Waals surface area contributed by atoms with Gasteiger partial charge >= 0.3 is 12.1 Å². The lowest BCUT2D eigenvalue weighted by molar-refractivity contribution is -0.150. The van der Waals surface area contributed by atoms with Gasteiger partial charge < -0.3 is 57.3 Å². The van der Waals surface area contributed by atoms with Gasteiger partial charge in [-0.25, -0.2) is 9.59 Å². The Morgan fingerprint density at radius 3 is 0.906 bits per heavy atom. The highest BCUT2D eigenvalue weighted by Gasteiger charge is 2.39. The molecule has 21 heteroatoms. The van der Waals surface area contributed by atoms with Crippen molar-refractivity contribution < 1.29 is 57.4 Å². The summed E-state index contributed by atoms with van der Waals surface area (Å²) in [6, 6.07) is 0.312. The maximum atomic E-state index is 14.4. The van der Waals surface area contributed by atoms with Crippen LogP contribution in [0, 0.1) is 47.3 Å². The number of carbonyl (C=O) groups is 10. The Morgan fingerprint density at radius 2 is 0.612 bits per heavy atom. The Balaban J connectivity index is 3.42. The molecule has 0 aliphatic rings. The van der Waals surface area contributed by atoms with E-state index < -0.39 is 119 Å². The number of nitrogens with one attached hydrogen (secondary N) is 9. The first-order valence-corrected chi connectivity index (χ1v) is 30.8. The molecule has 0 spiro atoms. The van der Waals surface area contributed by atoms with Crippen LogP contribution in [0.4, 0.5) is 4.79 Å². The molecule has 0 unspecified atom stereocenters. The van der Waals surface area contributed by atoms with Crippen LogP contribution in [0.5, 0.6) is 0 Å². The van der Waals surface area contributed by atoms with E-state index in [-0.39, 0.29) is 105 Å². The van der Waals surface area contributed by atoms with Gasteiger partial charge in [0.05, 0.1) is 0 Å². The Morgan fingerprint density at radius 1 is 0.353 bits per heavy atom. The van der Waals surface area contributed by atoms with E-state index in [1.54, 1.807) is 20.8 Å². The number of ether oxygens (including phenoxy) is 2. The van der Waals surface area contributed by atoms with Crippen LogP contribution in [0.15, 0.2) is 30.3 Å². The molecule has 484 valence electrons. The average Bonchev–Trinajstić information content (AvgIpc) is 3.56. The number of rotatable bonds is 36. The molecule has 0 bridgehead atoms. The van der Waals surface area contributed by atoms with E-state index >= 15 is 0 Å². The van der Waals surface area contributed by atoms with Gasteiger partial charge in [-0.15, -0.1) is 0 Å². The number of benzene rings is 1. The van der Waals surface area contributed by atoms with Crippen molar-refractivity contribution in [1.82, 2.24) is 47.9 Å². The predicted octanol–water partition coefficient (Wildman–Crippen LogP) is 7.28. The Bertz CT molecular complexity index is 2310. The number of amides is 9. The van der Waals surface area contributed by atoms with Crippen molar-refractivity contribution in [2.45, 2.75) is 263 Å². The van der Waals surface area contributed by atoms with Gasteiger partial charge in [0.1, 0.15) is 66.1 Å².